The molecule has 1 N–H and O–H groups in total. The van der Waals surface area contributed by atoms with E-state index in [2.05, 4.69) is 0 Å². The molecule has 0 aromatic rings. The van der Waals surface area contributed by atoms with Gasteiger partial charge in [-0.05, 0) is 38.5 Å². The third kappa shape index (κ3) is 11.0. The first-order valence-electron chi connectivity index (χ1n) is 7.91. The van der Waals surface area contributed by atoms with Crippen molar-refractivity contribution in [2.24, 2.45) is 0 Å². The molecule has 3 fully saturated rings. The molecule has 0 aliphatic carbocycles. The van der Waals surface area contributed by atoms with Crippen LogP contribution in [0.3, 0.4) is 0 Å². The van der Waals surface area contributed by atoms with Crippen molar-refractivity contribution in [3.8, 4) is 0 Å². The van der Waals surface area contributed by atoms with E-state index < -0.39 is 36.2 Å². The summed E-state index contributed by atoms with van der Waals surface area (Å²) >= 11 is 0. The summed E-state index contributed by atoms with van der Waals surface area (Å²) in [5.41, 5.74) is 0. The van der Waals surface area contributed by atoms with Gasteiger partial charge in [-0.25, -0.2) is 4.79 Å². The molecule has 148 valence electrons. The van der Waals surface area contributed by atoms with Crippen molar-refractivity contribution >= 4 is 17.9 Å². The number of rotatable bonds is 3. The summed E-state index contributed by atoms with van der Waals surface area (Å²) in [6.07, 6.45) is 2.70. The number of halogens is 1. The topological polar surface area (TPSA) is 145 Å². The molecule has 3 unspecified atom stereocenters. The van der Waals surface area contributed by atoms with Crippen molar-refractivity contribution in [3.63, 3.8) is 0 Å². The maximum atomic E-state index is 10.1. The Kier molecular flexibility index (Phi) is 16.1. The van der Waals surface area contributed by atoms with E-state index in [9.17, 15) is 24.6 Å². The Morgan fingerprint density at radius 3 is 1.15 bits per heavy atom. The number of carboxylic acids is 3. The summed E-state index contributed by atoms with van der Waals surface area (Å²) in [7, 11) is 0. The molecule has 3 aliphatic heterocycles. The number of carbonyl (C=O) groups is 3. The van der Waals surface area contributed by atoms with Gasteiger partial charge in [-0.1, -0.05) is 0 Å². The standard InChI is InChI=1S/3C5H8O3.ClH.V/c3*6-5(7)4-2-1-3-8-4;;/h3*4H,1-3H2,(H,6,7);1H;/q;;;;+3/p-3. The average molecular weight is 433 g/mol. The minimum atomic E-state index is -1.08. The van der Waals surface area contributed by atoms with Gasteiger partial charge in [0.15, 0.2) is 6.10 Å². The molecule has 0 spiro atoms. The molecule has 3 rings (SSSR count). The van der Waals surface area contributed by atoms with Crippen molar-refractivity contribution in [3.05, 3.63) is 0 Å². The Hall–Kier alpha value is -0.836. The maximum Gasteiger partial charge on any atom is 3.00 e. The Balaban J connectivity index is 0. The van der Waals surface area contributed by atoms with Crippen LogP contribution in [0.4, 0.5) is 0 Å². The van der Waals surface area contributed by atoms with E-state index in [1.54, 1.807) is 0 Å². The van der Waals surface area contributed by atoms with Gasteiger partial charge in [-0.3, -0.25) is 0 Å². The summed E-state index contributed by atoms with van der Waals surface area (Å²) in [5.74, 6) is -2.99. The van der Waals surface area contributed by atoms with Crippen molar-refractivity contribution in [1.82, 2.24) is 0 Å². The Labute approximate surface area is 169 Å². The first-order valence-corrected chi connectivity index (χ1v) is 7.91. The van der Waals surface area contributed by atoms with Crippen LogP contribution in [0.2, 0.25) is 0 Å². The van der Waals surface area contributed by atoms with Crippen LogP contribution in [0.5, 0.6) is 0 Å². The number of hydrogen-bond donors (Lipinski definition) is 1. The fraction of sp³-hybridized carbons (Fsp3) is 0.800. The molecule has 11 heteroatoms. The molecular weight excluding hydrogens is 411 g/mol. The molecule has 3 heterocycles. The SMILES string of the molecule is O=C(O)C1CCCO1.O=C([O-])C1CCCO1.O=C([O-])C1CCCO1.[Cl-].[V+3]. The van der Waals surface area contributed by atoms with E-state index >= 15 is 0 Å². The van der Waals surface area contributed by atoms with Crippen molar-refractivity contribution in [2.75, 3.05) is 19.8 Å². The molecule has 0 saturated carbocycles. The number of aliphatic carboxylic acids is 3. The van der Waals surface area contributed by atoms with Gasteiger partial charge in [0.1, 0.15) is 0 Å². The first kappa shape index (κ1) is 27.4. The summed E-state index contributed by atoms with van der Waals surface area (Å²) in [5, 5.41) is 28.2. The molecule has 3 aliphatic rings. The van der Waals surface area contributed by atoms with Gasteiger partial charge in [0.05, 0.1) is 24.1 Å². The van der Waals surface area contributed by atoms with Gasteiger partial charge >= 0.3 is 24.5 Å². The van der Waals surface area contributed by atoms with Gasteiger partial charge in [-0.15, -0.1) is 0 Å². The third-order valence-corrected chi connectivity index (χ3v) is 3.59. The molecule has 3 atom stereocenters. The fourth-order valence-electron chi connectivity index (χ4n) is 2.30. The average Bonchev–Trinajstić information content (AvgIpc) is 3.29. The molecule has 0 bridgehead atoms. The smallest absolute Gasteiger partial charge is 1.00 e. The Morgan fingerprint density at radius 1 is 0.731 bits per heavy atom. The van der Waals surface area contributed by atoms with E-state index in [4.69, 9.17) is 19.3 Å². The number of carboxylic acid groups (broad SMARTS) is 3. The molecular formula is C15H22ClO9V. The maximum absolute atomic E-state index is 10.1. The minimum Gasteiger partial charge on any atom is -1.00 e. The monoisotopic (exact) mass is 432 g/mol. The van der Waals surface area contributed by atoms with Crippen LogP contribution in [-0.2, 0) is 47.1 Å². The summed E-state index contributed by atoms with van der Waals surface area (Å²) in [6, 6.07) is 0. The van der Waals surface area contributed by atoms with Crippen molar-refractivity contribution < 1.29 is 74.9 Å². The molecule has 9 nitrogen and oxygen atoms in total. The predicted molar refractivity (Wildman–Crippen MR) is 74.6 cm³/mol. The first-order chi connectivity index (χ1) is 11.4. The second-order valence-electron chi connectivity index (χ2n) is 5.48. The Morgan fingerprint density at radius 2 is 1.04 bits per heavy atom. The van der Waals surface area contributed by atoms with Crippen LogP contribution in [0.1, 0.15) is 38.5 Å². The largest absolute Gasteiger partial charge is 3.00 e. The molecule has 3 saturated heterocycles. The number of carbonyl (C=O) groups excluding carboxylic acids is 2. The normalized spacial score (nSPS) is 26.1. The van der Waals surface area contributed by atoms with Crippen LogP contribution < -0.4 is 22.6 Å². The number of ether oxygens (including phenoxy) is 3. The van der Waals surface area contributed by atoms with E-state index in [1.807, 2.05) is 0 Å². The fourth-order valence-corrected chi connectivity index (χ4v) is 2.30. The van der Waals surface area contributed by atoms with E-state index in [1.165, 1.54) is 0 Å². The van der Waals surface area contributed by atoms with Gasteiger partial charge < -0.3 is 51.5 Å². The zero-order chi connectivity index (χ0) is 17.9. The van der Waals surface area contributed by atoms with Crippen LogP contribution in [0, 0.1) is 0 Å². The van der Waals surface area contributed by atoms with Gasteiger partial charge in [-0.2, -0.15) is 0 Å². The number of hydrogen-bond acceptors (Lipinski definition) is 8. The van der Waals surface area contributed by atoms with E-state index in [-0.39, 0.29) is 31.0 Å². The van der Waals surface area contributed by atoms with Crippen LogP contribution in [-0.4, -0.2) is 61.1 Å². The van der Waals surface area contributed by atoms with Crippen LogP contribution in [0.25, 0.3) is 0 Å². The second kappa shape index (κ2) is 15.2. The minimum absolute atomic E-state index is 0. The molecule has 0 radical (unpaired) electrons. The molecule has 26 heavy (non-hydrogen) atoms. The Bertz CT molecular complexity index is 356. The molecule has 0 amide bonds. The third-order valence-electron chi connectivity index (χ3n) is 3.59. The summed E-state index contributed by atoms with van der Waals surface area (Å²) in [6.45, 7) is 1.74. The van der Waals surface area contributed by atoms with E-state index in [0.29, 0.717) is 39.1 Å². The van der Waals surface area contributed by atoms with Crippen molar-refractivity contribution in [2.45, 2.75) is 56.8 Å². The van der Waals surface area contributed by atoms with Crippen LogP contribution in [0.15, 0.2) is 0 Å². The predicted octanol–water partition coefficient (Wildman–Crippen LogP) is -4.92. The van der Waals surface area contributed by atoms with Crippen LogP contribution >= 0.6 is 0 Å². The van der Waals surface area contributed by atoms with Gasteiger partial charge in [0.25, 0.3) is 0 Å². The van der Waals surface area contributed by atoms with Gasteiger partial charge in [0.2, 0.25) is 0 Å². The second-order valence-corrected chi connectivity index (χ2v) is 5.48. The molecule has 0 aromatic heterocycles. The zero-order valence-electron chi connectivity index (χ0n) is 14.1. The summed E-state index contributed by atoms with van der Waals surface area (Å²) < 4.78 is 14.3. The molecule has 0 aromatic carbocycles. The summed E-state index contributed by atoms with van der Waals surface area (Å²) in [4.78, 5) is 30.0. The van der Waals surface area contributed by atoms with E-state index in [0.717, 1.165) is 19.3 Å². The zero-order valence-corrected chi connectivity index (χ0v) is 16.3. The van der Waals surface area contributed by atoms with Gasteiger partial charge in [0, 0.05) is 19.8 Å². The van der Waals surface area contributed by atoms with Crippen molar-refractivity contribution in [1.29, 1.82) is 0 Å². The quantitative estimate of drug-likeness (QED) is 0.463.